The van der Waals surface area contributed by atoms with E-state index in [1.165, 1.54) is 24.3 Å². The van der Waals surface area contributed by atoms with Gasteiger partial charge in [-0.15, -0.1) is 0 Å². The average molecular weight is 516 g/mol. The van der Waals surface area contributed by atoms with Crippen LogP contribution >= 0.6 is 0 Å². The molecule has 196 valence electrons. The molecule has 0 bridgehead atoms. The highest BCUT2D eigenvalue weighted by molar-refractivity contribution is 5.89. The molecule has 4 aromatic rings. The number of primary amides is 1. The van der Waals surface area contributed by atoms with Crippen molar-refractivity contribution in [3.63, 3.8) is 0 Å². The Bertz CT molecular complexity index is 1430. The van der Waals surface area contributed by atoms with Crippen molar-refractivity contribution < 1.29 is 19.1 Å². The second kappa shape index (κ2) is 11.1. The number of nitrogens with zero attached hydrogens (tertiary/aromatic N) is 2. The molecule has 38 heavy (non-hydrogen) atoms. The van der Waals surface area contributed by atoms with E-state index in [9.17, 15) is 14.0 Å². The van der Waals surface area contributed by atoms with Crippen molar-refractivity contribution in [3.8, 4) is 0 Å². The number of para-hydroxylation sites is 2. The maximum absolute atomic E-state index is 13.4. The lowest BCUT2D eigenvalue weighted by molar-refractivity contribution is -0.131. The van der Waals surface area contributed by atoms with Gasteiger partial charge >= 0.3 is 0 Å². The van der Waals surface area contributed by atoms with Crippen LogP contribution in [0.4, 0.5) is 4.39 Å². The van der Waals surface area contributed by atoms with Crippen molar-refractivity contribution in [2.75, 3.05) is 0 Å². The van der Waals surface area contributed by atoms with Crippen molar-refractivity contribution >= 4 is 22.8 Å². The van der Waals surface area contributed by atoms with Gasteiger partial charge in [0.05, 0.1) is 11.0 Å². The molecule has 3 atom stereocenters. The normalized spacial score (nSPS) is 18.3. The zero-order valence-corrected chi connectivity index (χ0v) is 21.1. The first-order valence-corrected chi connectivity index (χ1v) is 13.0. The third-order valence-electron chi connectivity index (χ3n) is 7.52. The summed E-state index contributed by atoms with van der Waals surface area (Å²) in [5.41, 5.74) is 10.1. The van der Waals surface area contributed by atoms with Crippen LogP contribution in [0, 0.1) is 11.7 Å². The minimum atomic E-state index is -1.01. The number of rotatable bonds is 8. The van der Waals surface area contributed by atoms with E-state index in [4.69, 9.17) is 10.8 Å². The molecule has 0 aliphatic heterocycles. The van der Waals surface area contributed by atoms with Gasteiger partial charge in [-0.25, -0.2) is 9.37 Å². The number of nitrogens with two attached hydrogens (primary N) is 1. The molecule has 1 aromatic heterocycles. The highest BCUT2D eigenvalue weighted by Gasteiger charge is 2.34. The van der Waals surface area contributed by atoms with Crippen molar-refractivity contribution in [1.82, 2.24) is 14.9 Å². The van der Waals surface area contributed by atoms with Crippen LogP contribution < -0.4 is 11.1 Å². The number of carbonyl (C=O) groups is 2. The van der Waals surface area contributed by atoms with Gasteiger partial charge in [0.1, 0.15) is 11.9 Å². The lowest BCUT2D eigenvalue weighted by Gasteiger charge is -2.32. The number of aromatic nitrogens is 2. The van der Waals surface area contributed by atoms with Crippen LogP contribution in [0.3, 0.4) is 0 Å². The van der Waals surface area contributed by atoms with Gasteiger partial charge in [-0.2, -0.15) is 0 Å². The Labute approximate surface area is 220 Å². The van der Waals surface area contributed by atoms with E-state index < -0.39 is 17.8 Å². The molecular weight excluding hydrogens is 483 g/mol. The number of hydrogen-bond acceptors (Lipinski definition) is 3. The standard InChI is InChI=1S/C30H31FN4O3/c31-22-15-13-21(14-16-22)28(29(32)37)34-30(38)24-6-2-1-5-23(24)20-11-9-19(10-12-20)17-35-26-8-4-3-7-25(26)33-27(35)18-36/h3-4,7-16,23-24,28,36H,1-2,5-6,17-18H2,(H2,32,37)(H,34,38)/p+1/t23-,24+,28-/m0/s1. The summed E-state index contributed by atoms with van der Waals surface area (Å²) >= 11 is 0. The van der Waals surface area contributed by atoms with E-state index in [2.05, 4.69) is 39.1 Å². The summed E-state index contributed by atoms with van der Waals surface area (Å²) in [5, 5.41) is 10.7. The molecule has 1 saturated carbocycles. The van der Waals surface area contributed by atoms with Crippen molar-refractivity contribution in [3.05, 3.63) is 101 Å². The average Bonchev–Trinajstić information content (AvgIpc) is 3.30. The predicted molar refractivity (Wildman–Crippen MR) is 144 cm³/mol. The predicted octanol–water partition coefficient (Wildman–Crippen LogP) is 4.06. The number of carbonyl (C=O) groups excluding carboxylic acids is 2. The first-order chi connectivity index (χ1) is 18.4. The first-order valence-electron chi connectivity index (χ1n) is 13.0. The van der Waals surface area contributed by atoms with Gasteiger partial charge in [0.2, 0.25) is 18.4 Å². The Hall–Kier alpha value is -4.04. The summed E-state index contributed by atoms with van der Waals surface area (Å²) in [7, 11) is 0. The Morgan fingerprint density at radius 1 is 1.03 bits per heavy atom. The second-order valence-corrected chi connectivity index (χ2v) is 9.91. The van der Waals surface area contributed by atoms with Gasteiger partial charge in [0, 0.05) is 12.5 Å². The molecular formula is C30H32FN4O3+. The topological polar surface area (TPSA) is 113 Å². The zero-order valence-electron chi connectivity index (χ0n) is 21.1. The third-order valence-corrected chi connectivity index (χ3v) is 7.52. The second-order valence-electron chi connectivity index (χ2n) is 9.91. The zero-order chi connectivity index (χ0) is 26.6. The van der Waals surface area contributed by atoms with E-state index in [1.807, 2.05) is 24.3 Å². The van der Waals surface area contributed by atoms with Crippen LogP contribution in [-0.4, -0.2) is 26.5 Å². The lowest BCUT2D eigenvalue weighted by Crippen LogP contribution is -2.42. The highest BCUT2D eigenvalue weighted by atomic mass is 19.1. The van der Waals surface area contributed by atoms with E-state index in [0.29, 0.717) is 12.1 Å². The van der Waals surface area contributed by atoms with Crippen LogP contribution in [0.1, 0.15) is 60.2 Å². The van der Waals surface area contributed by atoms with Gasteiger partial charge in [-0.05, 0) is 59.7 Å². The van der Waals surface area contributed by atoms with Crippen molar-refractivity contribution in [2.45, 2.75) is 50.8 Å². The molecule has 5 rings (SSSR count). The molecule has 3 aromatic carbocycles. The number of nitrogens with one attached hydrogen (secondary N) is 1. The fourth-order valence-corrected chi connectivity index (χ4v) is 5.56. The van der Waals surface area contributed by atoms with E-state index >= 15 is 0 Å². The summed E-state index contributed by atoms with van der Waals surface area (Å²) in [4.78, 5) is 30.1. The van der Waals surface area contributed by atoms with E-state index in [1.54, 1.807) is 0 Å². The molecule has 5 N–H and O–H groups in total. The SMILES string of the molecule is NC(=O)[C@@H](NC(=O)[C@@H]1CCCC[C@H]1c1ccc(Cn2c(C[OH2+])nc3ccccc32)cc1)c1ccc(F)cc1. The number of amides is 2. The Morgan fingerprint density at radius 3 is 2.45 bits per heavy atom. The largest absolute Gasteiger partial charge is 0.440 e. The molecule has 1 aliphatic rings. The maximum Gasteiger partial charge on any atom is 0.244 e. The molecule has 8 heteroatoms. The Balaban J connectivity index is 1.33. The van der Waals surface area contributed by atoms with Crippen LogP contribution in [0.5, 0.6) is 0 Å². The quantitative estimate of drug-likeness (QED) is 0.345. The number of imidazole rings is 1. The summed E-state index contributed by atoms with van der Waals surface area (Å²) in [5.74, 6) is -0.847. The van der Waals surface area contributed by atoms with Crippen LogP contribution in [-0.2, 0) is 22.7 Å². The fraction of sp³-hybridized carbons (Fsp3) is 0.300. The van der Waals surface area contributed by atoms with E-state index in [-0.39, 0.29) is 24.3 Å². The molecule has 0 saturated heterocycles. The molecule has 1 heterocycles. The number of hydrogen-bond donors (Lipinski definition) is 2. The van der Waals surface area contributed by atoms with Crippen molar-refractivity contribution in [1.29, 1.82) is 0 Å². The van der Waals surface area contributed by atoms with Gasteiger partial charge in [-0.3, -0.25) is 9.59 Å². The smallest absolute Gasteiger partial charge is 0.244 e. The minimum absolute atomic E-state index is 0.0254. The molecule has 0 unspecified atom stereocenters. The van der Waals surface area contributed by atoms with Crippen LogP contribution in [0.25, 0.3) is 11.0 Å². The number of fused-ring (bicyclic) bond motifs is 1. The van der Waals surface area contributed by atoms with Gasteiger partial charge in [-0.1, -0.05) is 61.4 Å². The first kappa shape index (κ1) is 25.6. The van der Waals surface area contributed by atoms with Gasteiger partial charge < -0.3 is 20.7 Å². The summed E-state index contributed by atoms with van der Waals surface area (Å²) in [6.45, 7) is 0.720. The fourth-order valence-electron chi connectivity index (χ4n) is 5.56. The molecule has 2 amide bonds. The number of halogens is 1. The molecule has 0 spiro atoms. The number of benzene rings is 3. The molecule has 0 radical (unpaired) electrons. The minimum Gasteiger partial charge on any atom is -0.440 e. The maximum atomic E-state index is 13.4. The van der Waals surface area contributed by atoms with Gasteiger partial charge in [0.25, 0.3) is 0 Å². The summed E-state index contributed by atoms with van der Waals surface area (Å²) in [6, 6.07) is 20.7. The molecule has 1 aliphatic carbocycles. The van der Waals surface area contributed by atoms with Crippen molar-refractivity contribution in [2.24, 2.45) is 11.7 Å². The van der Waals surface area contributed by atoms with Crippen LogP contribution in [0.2, 0.25) is 0 Å². The Morgan fingerprint density at radius 2 is 1.74 bits per heavy atom. The molecule has 1 fully saturated rings. The third kappa shape index (κ3) is 5.31. The molecule has 7 nitrogen and oxygen atoms in total. The van der Waals surface area contributed by atoms with Gasteiger partial charge in [0.15, 0.2) is 5.82 Å². The van der Waals surface area contributed by atoms with Crippen LogP contribution in [0.15, 0.2) is 72.8 Å². The lowest BCUT2D eigenvalue weighted by atomic mass is 9.74. The summed E-state index contributed by atoms with van der Waals surface area (Å²) in [6.07, 6.45) is 3.57. The highest BCUT2D eigenvalue weighted by Crippen LogP contribution is 2.38. The monoisotopic (exact) mass is 515 g/mol. The Kier molecular flexibility index (Phi) is 7.51. The summed E-state index contributed by atoms with van der Waals surface area (Å²) < 4.78 is 15.4. The van der Waals surface area contributed by atoms with E-state index in [0.717, 1.165) is 53.7 Å².